The molecule has 134 valence electrons. The lowest BCUT2D eigenvalue weighted by atomic mass is 10.1. The summed E-state index contributed by atoms with van der Waals surface area (Å²) in [6.07, 6.45) is 2.43. The molecule has 0 fully saturated rings. The first kappa shape index (κ1) is 18.4. The van der Waals surface area contributed by atoms with Gasteiger partial charge in [0, 0.05) is 32.7 Å². The van der Waals surface area contributed by atoms with Crippen LogP contribution in [0.5, 0.6) is 0 Å². The molecule has 3 N–H and O–H groups in total. The lowest BCUT2D eigenvalue weighted by molar-refractivity contribution is 0.0953. The number of carbonyl (C=O) groups excluding carboxylic acids is 1. The first-order valence-corrected chi connectivity index (χ1v) is 8.28. The summed E-state index contributed by atoms with van der Waals surface area (Å²) in [5, 5.41) is 13.3. The number of hydrogen-bond acceptors (Lipinski definition) is 4. The van der Waals surface area contributed by atoms with E-state index in [1.54, 1.807) is 11.7 Å². The number of guanidine groups is 1. The van der Waals surface area contributed by atoms with Gasteiger partial charge in [-0.25, -0.2) is 4.98 Å². The number of aromatic nitrogens is 3. The van der Waals surface area contributed by atoms with Gasteiger partial charge in [-0.2, -0.15) is 5.10 Å². The summed E-state index contributed by atoms with van der Waals surface area (Å²) in [4.78, 5) is 20.4. The number of carbonyl (C=O) groups is 1. The van der Waals surface area contributed by atoms with Crippen LogP contribution in [-0.4, -0.2) is 40.2 Å². The van der Waals surface area contributed by atoms with Crippen molar-refractivity contribution in [3.63, 3.8) is 0 Å². The number of aryl methyl sites for hydroxylation is 1. The fraction of sp³-hybridized carbons (Fsp3) is 0.412. The van der Waals surface area contributed by atoms with Gasteiger partial charge in [0.25, 0.3) is 5.91 Å². The van der Waals surface area contributed by atoms with Crippen molar-refractivity contribution in [1.82, 2.24) is 30.7 Å². The Kier molecular flexibility index (Phi) is 6.94. The van der Waals surface area contributed by atoms with Crippen LogP contribution in [0, 0.1) is 0 Å². The maximum absolute atomic E-state index is 12.0. The second kappa shape index (κ2) is 9.41. The lowest BCUT2D eigenvalue weighted by Crippen LogP contribution is -2.37. The van der Waals surface area contributed by atoms with Crippen LogP contribution in [0.2, 0.25) is 0 Å². The molecule has 0 spiro atoms. The van der Waals surface area contributed by atoms with Crippen molar-refractivity contribution in [3.8, 4) is 0 Å². The number of amides is 1. The quantitative estimate of drug-likeness (QED) is 0.511. The molecule has 8 heteroatoms. The minimum absolute atomic E-state index is 0.0477. The molecule has 8 nitrogen and oxygen atoms in total. The molecule has 0 saturated heterocycles. The van der Waals surface area contributed by atoms with Gasteiger partial charge in [-0.15, -0.1) is 0 Å². The summed E-state index contributed by atoms with van der Waals surface area (Å²) < 4.78 is 1.71. The van der Waals surface area contributed by atoms with Crippen LogP contribution in [0.3, 0.4) is 0 Å². The number of nitrogens with zero attached hydrogens (tertiary/aromatic N) is 4. The smallest absolute Gasteiger partial charge is 0.251 e. The maximum Gasteiger partial charge on any atom is 0.251 e. The summed E-state index contributed by atoms with van der Waals surface area (Å²) in [6.45, 7) is 3.79. The van der Waals surface area contributed by atoms with Crippen molar-refractivity contribution in [3.05, 3.63) is 47.5 Å². The molecule has 0 bridgehead atoms. The molecular formula is C17H25N7O. The standard InChI is InChI=1S/C17H25N7O/c1-4-8-19-16(25)14-7-5-6-13(9-14)10-20-17(18-2)21-11-15-22-12-23-24(15)3/h5-7,9,12H,4,8,10-11H2,1-3H3,(H,19,25)(H2,18,20,21). The van der Waals surface area contributed by atoms with Crippen LogP contribution in [0.4, 0.5) is 0 Å². The molecular weight excluding hydrogens is 318 g/mol. The third-order valence-electron chi connectivity index (χ3n) is 3.63. The van der Waals surface area contributed by atoms with E-state index >= 15 is 0 Å². The van der Waals surface area contributed by atoms with Gasteiger partial charge in [-0.05, 0) is 24.1 Å². The predicted molar refractivity (Wildman–Crippen MR) is 97.1 cm³/mol. The third kappa shape index (κ3) is 5.59. The van der Waals surface area contributed by atoms with Crippen molar-refractivity contribution in [2.24, 2.45) is 12.0 Å². The van der Waals surface area contributed by atoms with E-state index in [-0.39, 0.29) is 5.91 Å². The molecule has 0 radical (unpaired) electrons. The van der Waals surface area contributed by atoms with Crippen molar-refractivity contribution in [2.45, 2.75) is 26.4 Å². The Morgan fingerprint density at radius 3 is 2.72 bits per heavy atom. The van der Waals surface area contributed by atoms with Crippen LogP contribution >= 0.6 is 0 Å². The second-order valence-electron chi connectivity index (χ2n) is 5.54. The largest absolute Gasteiger partial charge is 0.352 e. The van der Waals surface area contributed by atoms with Gasteiger partial charge in [0.15, 0.2) is 5.96 Å². The summed E-state index contributed by atoms with van der Waals surface area (Å²) in [5.41, 5.74) is 1.67. The summed E-state index contributed by atoms with van der Waals surface area (Å²) in [5.74, 6) is 1.43. The molecule has 0 unspecified atom stereocenters. The maximum atomic E-state index is 12.0. The number of aliphatic imine (C=N–C) groups is 1. The Hall–Kier alpha value is -2.90. The number of rotatable bonds is 7. The van der Waals surface area contributed by atoms with Gasteiger partial charge in [-0.3, -0.25) is 14.5 Å². The molecule has 0 aliphatic carbocycles. The predicted octanol–water partition coefficient (Wildman–Crippen LogP) is 0.820. The highest BCUT2D eigenvalue weighted by atomic mass is 16.1. The van der Waals surface area contributed by atoms with Gasteiger partial charge in [0.2, 0.25) is 0 Å². The molecule has 0 aliphatic rings. The Labute approximate surface area is 147 Å². The van der Waals surface area contributed by atoms with Crippen LogP contribution < -0.4 is 16.0 Å². The molecule has 1 amide bonds. The van der Waals surface area contributed by atoms with Crippen molar-refractivity contribution < 1.29 is 4.79 Å². The zero-order valence-corrected chi connectivity index (χ0v) is 14.9. The van der Waals surface area contributed by atoms with Crippen molar-refractivity contribution in [1.29, 1.82) is 0 Å². The molecule has 1 heterocycles. The van der Waals surface area contributed by atoms with E-state index in [1.165, 1.54) is 6.33 Å². The summed E-state index contributed by atoms with van der Waals surface area (Å²) in [6, 6.07) is 7.55. The fourth-order valence-electron chi connectivity index (χ4n) is 2.21. The van der Waals surface area contributed by atoms with Crippen molar-refractivity contribution >= 4 is 11.9 Å². The van der Waals surface area contributed by atoms with E-state index in [9.17, 15) is 4.79 Å². The molecule has 1 aromatic carbocycles. The first-order chi connectivity index (χ1) is 12.1. The van der Waals surface area contributed by atoms with Gasteiger partial charge in [-0.1, -0.05) is 19.1 Å². The first-order valence-electron chi connectivity index (χ1n) is 8.28. The number of benzene rings is 1. The average molecular weight is 343 g/mol. The number of nitrogens with one attached hydrogen (secondary N) is 3. The minimum atomic E-state index is -0.0477. The molecule has 0 aliphatic heterocycles. The minimum Gasteiger partial charge on any atom is -0.352 e. The van der Waals surface area contributed by atoms with Gasteiger partial charge in [0.05, 0.1) is 6.54 Å². The molecule has 0 saturated carbocycles. The lowest BCUT2D eigenvalue weighted by Gasteiger charge is -2.12. The molecule has 1 aromatic heterocycles. The van der Waals surface area contributed by atoms with Gasteiger partial charge >= 0.3 is 0 Å². The zero-order chi connectivity index (χ0) is 18.1. The van der Waals surface area contributed by atoms with Crippen LogP contribution in [0.15, 0.2) is 35.6 Å². The number of hydrogen-bond donors (Lipinski definition) is 3. The van der Waals surface area contributed by atoms with E-state index in [0.717, 1.165) is 17.8 Å². The average Bonchev–Trinajstić information content (AvgIpc) is 3.05. The van der Waals surface area contributed by atoms with Crippen molar-refractivity contribution in [2.75, 3.05) is 13.6 Å². The monoisotopic (exact) mass is 343 g/mol. The third-order valence-corrected chi connectivity index (χ3v) is 3.63. The summed E-state index contributed by atoms with van der Waals surface area (Å²) in [7, 11) is 3.55. The van der Waals surface area contributed by atoms with Gasteiger partial charge in [0.1, 0.15) is 12.2 Å². The Morgan fingerprint density at radius 1 is 1.24 bits per heavy atom. The molecule has 2 rings (SSSR count). The van der Waals surface area contributed by atoms with Gasteiger partial charge < -0.3 is 16.0 Å². The Morgan fingerprint density at radius 2 is 2.04 bits per heavy atom. The van der Waals surface area contributed by atoms with E-state index in [4.69, 9.17) is 0 Å². The Balaban J connectivity index is 1.88. The second-order valence-corrected chi connectivity index (χ2v) is 5.54. The Bertz CT molecular complexity index is 723. The van der Waals surface area contributed by atoms with E-state index < -0.39 is 0 Å². The highest BCUT2D eigenvalue weighted by Gasteiger charge is 2.06. The SMILES string of the molecule is CCCNC(=O)c1cccc(CNC(=NC)NCc2ncnn2C)c1. The van der Waals surface area contributed by atoms with Crippen LogP contribution in [0.1, 0.15) is 35.1 Å². The fourth-order valence-corrected chi connectivity index (χ4v) is 2.21. The van der Waals surface area contributed by atoms with E-state index in [2.05, 4.69) is 31.0 Å². The molecule has 25 heavy (non-hydrogen) atoms. The van der Waals surface area contributed by atoms with Crippen LogP contribution in [0.25, 0.3) is 0 Å². The normalized spacial score (nSPS) is 11.2. The van der Waals surface area contributed by atoms with E-state index in [0.29, 0.717) is 31.2 Å². The highest BCUT2D eigenvalue weighted by molar-refractivity contribution is 5.94. The van der Waals surface area contributed by atoms with E-state index in [1.807, 2.05) is 38.2 Å². The zero-order valence-electron chi connectivity index (χ0n) is 14.9. The molecule has 0 atom stereocenters. The topological polar surface area (TPSA) is 96.2 Å². The summed E-state index contributed by atoms with van der Waals surface area (Å²) >= 11 is 0. The van der Waals surface area contributed by atoms with Crippen LogP contribution in [-0.2, 0) is 20.1 Å². The highest BCUT2D eigenvalue weighted by Crippen LogP contribution is 2.05. The molecule has 2 aromatic rings.